The molecule has 0 fully saturated rings. The molecule has 9 heteroatoms. The van der Waals surface area contributed by atoms with E-state index < -0.39 is 24.5 Å². The van der Waals surface area contributed by atoms with E-state index in [9.17, 15) is 19.2 Å². The van der Waals surface area contributed by atoms with E-state index in [1.807, 2.05) is 0 Å². The first-order chi connectivity index (χ1) is 27.3. The number of aliphatic hydroxyl groups is 1. The number of rotatable bonds is 41. The van der Waals surface area contributed by atoms with Gasteiger partial charge in [0.1, 0.15) is 12.1 Å². The molecule has 2 amide bonds. The zero-order valence-corrected chi connectivity index (χ0v) is 35.9. The van der Waals surface area contributed by atoms with Crippen molar-refractivity contribution in [2.24, 2.45) is 0 Å². The Balaban J connectivity index is 4.24. The zero-order chi connectivity index (χ0) is 41.2. The highest BCUT2D eigenvalue weighted by Crippen LogP contribution is 2.16. The molecule has 0 heterocycles. The van der Waals surface area contributed by atoms with Crippen molar-refractivity contribution in [1.29, 1.82) is 0 Å². The molecule has 2 unspecified atom stereocenters. The third-order valence-electron chi connectivity index (χ3n) is 10.1. The van der Waals surface area contributed by atoms with E-state index in [0.29, 0.717) is 19.3 Å². The second-order valence-corrected chi connectivity index (χ2v) is 15.5. The van der Waals surface area contributed by atoms with Crippen LogP contribution in [0, 0.1) is 0 Å². The lowest BCUT2D eigenvalue weighted by Gasteiger charge is -2.15. The second-order valence-electron chi connectivity index (χ2n) is 15.5. The van der Waals surface area contributed by atoms with Crippen LogP contribution in [0.1, 0.15) is 213 Å². The smallest absolute Gasteiger partial charge is 0.328 e. The summed E-state index contributed by atoms with van der Waals surface area (Å²) in [5.41, 5.74) is 0. The molecular weight excluding hydrogens is 705 g/mol. The molecule has 0 aliphatic heterocycles. The van der Waals surface area contributed by atoms with Crippen LogP contribution < -0.4 is 10.6 Å². The van der Waals surface area contributed by atoms with Crippen LogP contribution in [0.5, 0.6) is 0 Å². The number of hydrogen-bond donors (Lipinski definition) is 4. The molecule has 0 spiro atoms. The van der Waals surface area contributed by atoms with Crippen LogP contribution in [0.3, 0.4) is 0 Å². The number of nitrogens with one attached hydrogen (secondary N) is 2. The molecule has 0 aliphatic rings. The van der Waals surface area contributed by atoms with Crippen molar-refractivity contribution >= 4 is 23.8 Å². The predicted molar refractivity (Wildman–Crippen MR) is 231 cm³/mol. The maximum Gasteiger partial charge on any atom is 0.328 e. The lowest BCUT2D eigenvalue weighted by Crippen LogP contribution is -2.47. The molecule has 0 aromatic heterocycles. The normalized spacial score (nSPS) is 12.8. The number of ether oxygens (including phenoxy) is 1. The minimum Gasteiger partial charge on any atom is -0.480 e. The quantitative estimate of drug-likeness (QED) is 0.0274. The SMILES string of the molecule is CCCCCC/C=C\C/C=C\C(CCCCCCCCC(=O)NCC(=O)NC(CO)C(=O)O)OC(=O)CCCCCCCCC/C=C\CCCCCCCCC. The minimum absolute atomic E-state index is 0.0970. The zero-order valence-electron chi connectivity index (χ0n) is 35.9. The molecule has 0 aromatic carbocycles. The molecule has 324 valence electrons. The number of carboxylic acids is 1. The first kappa shape index (κ1) is 53.1. The van der Waals surface area contributed by atoms with Gasteiger partial charge in [-0.1, -0.05) is 160 Å². The molecule has 0 bridgehead atoms. The maximum atomic E-state index is 12.8. The van der Waals surface area contributed by atoms with Crippen molar-refractivity contribution in [2.75, 3.05) is 13.2 Å². The number of esters is 1. The third kappa shape index (κ3) is 38.0. The highest BCUT2D eigenvalue weighted by Gasteiger charge is 2.18. The number of aliphatic carboxylic acids is 1. The summed E-state index contributed by atoms with van der Waals surface area (Å²) >= 11 is 0. The summed E-state index contributed by atoms with van der Waals surface area (Å²) in [5.74, 6) is -2.35. The van der Waals surface area contributed by atoms with Gasteiger partial charge in [-0.2, -0.15) is 0 Å². The average molecular weight is 789 g/mol. The largest absolute Gasteiger partial charge is 0.480 e. The first-order valence-electron chi connectivity index (χ1n) is 22.9. The van der Waals surface area contributed by atoms with Gasteiger partial charge in [0, 0.05) is 12.8 Å². The average Bonchev–Trinajstić information content (AvgIpc) is 3.18. The predicted octanol–water partition coefficient (Wildman–Crippen LogP) is 11.4. The summed E-state index contributed by atoms with van der Waals surface area (Å²) < 4.78 is 5.94. The van der Waals surface area contributed by atoms with Gasteiger partial charge in [0.25, 0.3) is 0 Å². The Hall–Kier alpha value is -2.94. The summed E-state index contributed by atoms with van der Waals surface area (Å²) in [6, 6.07) is -1.38. The van der Waals surface area contributed by atoms with E-state index in [1.54, 1.807) is 0 Å². The Kier molecular flexibility index (Phi) is 39.5. The summed E-state index contributed by atoms with van der Waals surface area (Å²) in [7, 11) is 0. The number of hydrogen-bond acceptors (Lipinski definition) is 6. The van der Waals surface area contributed by atoms with Gasteiger partial charge in [0.2, 0.25) is 11.8 Å². The van der Waals surface area contributed by atoms with Crippen molar-refractivity contribution in [3.8, 4) is 0 Å². The van der Waals surface area contributed by atoms with Crippen molar-refractivity contribution in [2.45, 2.75) is 225 Å². The summed E-state index contributed by atoms with van der Waals surface area (Å²) in [6.07, 6.45) is 47.7. The Morgan fingerprint density at radius 2 is 1.02 bits per heavy atom. The van der Waals surface area contributed by atoms with Crippen LogP contribution in [0.15, 0.2) is 36.5 Å². The van der Waals surface area contributed by atoms with Crippen LogP contribution in [-0.4, -0.2) is 59.3 Å². The highest BCUT2D eigenvalue weighted by atomic mass is 16.5. The van der Waals surface area contributed by atoms with Crippen LogP contribution in [0.25, 0.3) is 0 Å². The van der Waals surface area contributed by atoms with Gasteiger partial charge >= 0.3 is 11.9 Å². The van der Waals surface area contributed by atoms with Crippen molar-refractivity contribution in [3.63, 3.8) is 0 Å². The third-order valence-corrected chi connectivity index (χ3v) is 10.1. The molecule has 0 radical (unpaired) electrons. The van der Waals surface area contributed by atoms with E-state index in [4.69, 9.17) is 14.9 Å². The molecular formula is C47H84N2O7. The van der Waals surface area contributed by atoms with Gasteiger partial charge in [0.05, 0.1) is 13.2 Å². The van der Waals surface area contributed by atoms with Crippen LogP contribution >= 0.6 is 0 Å². The highest BCUT2D eigenvalue weighted by molar-refractivity contribution is 5.87. The lowest BCUT2D eigenvalue weighted by molar-refractivity contribution is -0.147. The number of carboxylic acid groups (broad SMARTS) is 1. The van der Waals surface area contributed by atoms with E-state index in [0.717, 1.165) is 64.2 Å². The molecule has 2 atom stereocenters. The molecule has 56 heavy (non-hydrogen) atoms. The summed E-state index contributed by atoms with van der Waals surface area (Å²) in [6.45, 7) is 3.46. The fraction of sp³-hybridized carbons (Fsp3) is 0.787. The van der Waals surface area contributed by atoms with Crippen molar-refractivity contribution in [1.82, 2.24) is 10.6 Å². The molecule has 0 saturated heterocycles. The number of aliphatic hydroxyl groups excluding tert-OH is 1. The number of amides is 2. The van der Waals surface area contributed by atoms with Gasteiger partial charge in [0.15, 0.2) is 0 Å². The van der Waals surface area contributed by atoms with Crippen molar-refractivity contribution < 1.29 is 34.1 Å². The van der Waals surface area contributed by atoms with E-state index >= 15 is 0 Å². The van der Waals surface area contributed by atoms with E-state index in [2.05, 4.69) is 60.9 Å². The van der Waals surface area contributed by atoms with E-state index in [1.165, 1.54) is 116 Å². The van der Waals surface area contributed by atoms with E-state index in [-0.39, 0.29) is 24.5 Å². The van der Waals surface area contributed by atoms with Gasteiger partial charge in [-0.3, -0.25) is 14.4 Å². The molecule has 0 saturated carbocycles. The summed E-state index contributed by atoms with van der Waals surface area (Å²) in [4.78, 5) is 47.5. The summed E-state index contributed by atoms with van der Waals surface area (Å²) in [5, 5.41) is 22.5. The van der Waals surface area contributed by atoms with Gasteiger partial charge in [-0.15, -0.1) is 0 Å². The first-order valence-corrected chi connectivity index (χ1v) is 22.9. The fourth-order valence-electron chi connectivity index (χ4n) is 6.54. The Labute approximate surface area is 342 Å². The van der Waals surface area contributed by atoms with Crippen molar-refractivity contribution in [3.05, 3.63) is 36.5 Å². The number of carbonyl (C=O) groups excluding carboxylic acids is 3. The fourth-order valence-corrected chi connectivity index (χ4v) is 6.54. The molecule has 0 rings (SSSR count). The van der Waals surface area contributed by atoms with Crippen LogP contribution in [0.2, 0.25) is 0 Å². The standard InChI is InChI=1S/C47H84N2O7/c1-3-5-7-9-11-13-14-15-16-17-18-19-20-21-23-25-31-35-39-46(53)56-42(36-32-28-24-22-12-10-8-6-4-2)37-33-29-26-27-30-34-38-44(51)48-40-45(52)49-43(41-50)47(54)55/h16-17,22,24,32,36,42-43,50H,3-15,18-21,23,25-31,33-35,37-41H2,1-2H3,(H,48,51)(H,49,52)(H,54,55)/b17-16-,24-22-,36-32-. The van der Waals surface area contributed by atoms with Crippen LogP contribution in [-0.2, 0) is 23.9 Å². The monoisotopic (exact) mass is 789 g/mol. The minimum atomic E-state index is -1.38. The number of carbonyl (C=O) groups is 4. The molecule has 9 nitrogen and oxygen atoms in total. The molecule has 0 aliphatic carbocycles. The molecule has 0 aromatic rings. The van der Waals surface area contributed by atoms with Crippen LogP contribution in [0.4, 0.5) is 0 Å². The van der Waals surface area contributed by atoms with Gasteiger partial charge in [-0.05, 0) is 76.7 Å². The Morgan fingerprint density at radius 3 is 1.55 bits per heavy atom. The number of allylic oxidation sites excluding steroid dienone is 5. The lowest BCUT2D eigenvalue weighted by atomic mass is 10.1. The maximum absolute atomic E-state index is 12.8. The Bertz CT molecular complexity index is 1040. The van der Waals surface area contributed by atoms with Gasteiger partial charge < -0.3 is 25.6 Å². The second kappa shape index (κ2) is 41.7. The Morgan fingerprint density at radius 1 is 0.554 bits per heavy atom. The molecule has 4 N–H and O–H groups in total. The number of unbranched alkanes of at least 4 members (excludes halogenated alkanes) is 23. The van der Waals surface area contributed by atoms with Gasteiger partial charge in [-0.25, -0.2) is 4.79 Å². The topological polar surface area (TPSA) is 142 Å².